The fourth-order valence-corrected chi connectivity index (χ4v) is 2.00. The molecule has 0 bridgehead atoms. The summed E-state index contributed by atoms with van der Waals surface area (Å²) in [6, 6.07) is 6.97. The van der Waals surface area contributed by atoms with Crippen molar-refractivity contribution < 1.29 is 9.53 Å². The molecule has 0 fully saturated rings. The van der Waals surface area contributed by atoms with Crippen LogP contribution in [0.25, 0.3) is 0 Å². The number of halogens is 1. The minimum Gasteiger partial charge on any atom is -0.459 e. The Morgan fingerprint density at radius 1 is 1.28 bits per heavy atom. The highest BCUT2D eigenvalue weighted by Crippen LogP contribution is 2.17. The summed E-state index contributed by atoms with van der Waals surface area (Å²) in [7, 11) is 0. The van der Waals surface area contributed by atoms with Gasteiger partial charge in [0.2, 0.25) is 0 Å². The molecule has 100 valence electrons. The number of benzene rings is 1. The summed E-state index contributed by atoms with van der Waals surface area (Å²) in [5, 5.41) is 0.445. The van der Waals surface area contributed by atoms with E-state index in [4.69, 9.17) is 16.3 Å². The van der Waals surface area contributed by atoms with E-state index in [-0.39, 0.29) is 12.1 Å². The zero-order valence-electron chi connectivity index (χ0n) is 11.1. The van der Waals surface area contributed by atoms with Gasteiger partial charge in [0, 0.05) is 0 Å². The fourth-order valence-electron chi connectivity index (χ4n) is 1.79. The molecule has 0 saturated carbocycles. The molecule has 0 aliphatic heterocycles. The van der Waals surface area contributed by atoms with E-state index < -0.39 is 0 Å². The Balaban J connectivity index is 2.38. The van der Waals surface area contributed by atoms with Crippen molar-refractivity contribution in [3.63, 3.8) is 0 Å². The van der Waals surface area contributed by atoms with Crippen LogP contribution in [0.5, 0.6) is 0 Å². The number of hydrogen-bond donors (Lipinski definition) is 0. The molecule has 0 saturated heterocycles. The maximum Gasteiger partial charge on any atom is 0.339 e. The second kappa shape index (κ2) is 8.15. The second-order valence-corrected chi connectivity index (χ2v) is 4.95. The second-order valence-electron chi connectivity index (χ2n) is 4.55. The van der Waals surface area contributed by atoms with Gasteiger partial charge in [-0.15, -0.1) is 0 Å². The van der Waals surface area contributed by atoms with Crippen LogP contribution in [0.15, 0.2) is 24.3 Å². The molecular weight excluding hydrogens is 248 g/mol. The van der Waals surface area contributed by atoms with E-state index in [9.17, 15) is 4.79 Å². The standard InChI is InChI=1S/C15H21ClO2/c1-3-4-5-6-9-12(2)18-15(17)13-10-7-8-11-14(13)16/h7-8,10-12H,3-6,9H2,1-2H3/t12-/m0/s1. The molecule has 1 rings (SSSR count). The summed E-state index contributed by atoms with van der Waals surface area (Å²) in [4.78, 5) is 11.9. The molecule has 18 heavy (non-hydrogen) atoms. The van der Waals surface area contributed by atoms with E-state index in [1.54, 1.807) is 24.3 Å². The Hall–Kier alpha value is -1.02. The van der Waals surface area contributed by atoms with Gasteiger partial charge in [0.15, 0.2) is 0 Å². The Morgan fingerprint density at radius 2 is 2.00 bits per heavy atom. The predicted octanol–water partition coefficient (Wildman–Crippen LogP) is 4.86. The number of unbranched alkanes of at least 4 members (excludes halogenated alkanes) is 3. The predicted molar refractivity (Wildman–Crippen MR) is 75.1 cm³/mol. The molecule has 0 aliphatic rings. The average molecular weight is 269 g/mol. The van der Waals surface area contributed by atoms with Crippen molar-refractivity contribution in [3.05, 3.63) is 34.9 Å². The van der Waals surface area contributed by atoms with Gasteiger partial charge in [-0.05, 0) is 31.9 Å². The molecule has 3 heteroatoms. The maximum absolute atomic E-state index is 11.9. The van der Waals surface area contributed by atoms with Gasteiger partial charge in [-0.2, -0.15) is 0 Å². The SMILES string of the molecule is CCCCCC[C@H](C)OC(=O)c1ccccc1Cl. The van der Waals surface area contributed by atoms with Crippen LogP contribution >= 0.6 is 11.6 Å². The topological polar surface area (TPSA) is 26.3 Å². The Kier molecular flexibility index (Phi) is 6.81. The van der Waals surface area contributed by atoms with Gasteiger partial charge >= 0.3 is 5.97 Å². The molecule has 2 nitrogen and oxygen atoms in total. The van der Waals surface area contributed by atoms with E-state index >= 15 is 0 Å². The summed E-state index contributed by atoms with van der Waals surface area (Å²) in [5.74, 6) is -0.330. The number of ether oxygens (including phenoxy) is 1. The van der Waals surface area contributed by atoms with Crippen molar-refractivity contribution >= 4 is 17.6 Å². The van der Waals surface area contributed by atoms with Crippen molar-refractivity contribution in [1.29, 1.82) is 0 Å². The van der Waals surface area contributed by atoms with Crippen LogP contribution in [0, 0.1) is 0 Å². The third-order valence-electron chi connectivity index (χ3n) is 2.87. The van der Waals surface area contributed by atoms with Crippen LogP contribution in [0.1, 0.15) is 56.3 Å². The summed E-state index contributed by atoms with van der Waals surface area (Å²) in [6.45, 7) is 4.11. The Bertz CT molecular complexity index is 377. The largest absolute Gasteiger partial charge is 0.459 e. The van der Waals surface area contributed by atoms with Crippen molar-refractivity contribution in [1.82, 2.24) is 0 Å². The normalized spacial score (nSPS) is 12.2. The average Bonchev–Trinajstić information content (AvgIpc) is 2.35. The lowest BCUT2D eigenvalue weighted by atomic mass is 10.1. The van der Waals surface area contributed by atoms with Gasteiger partial charge < -0.3 is 4.74 Å². The minimum absolute atomic E-state index is 0.0503. The summed E-state index contributed by atoms with van der Waals surface area (Å²) >= 11 is 5.95. The number of carbonyl (C=O) groups excluding carboxylic acids is 1. The first-order valence-electron chi connectivity index (χ1n) is 6.60. The highest BCUT2D eigenvalue weighted by atomic mass is 35.5. The zero-order chi connectivity index (χ0) is 13.4. The third kappa shape index (κ3) is 5.09. The summed E-state index contributed by atoms with van der Waals surface area (Å²) in [5.41, 5.74) is 0.444. The first-order chi connectivity index (χ1) is 8.65. The van der Waals surface area contributed by atoms with E-state index in [2.05, 4.69) is 6.92 Å². The lowest BCUT2D eigenvalue weighted by molar-refractivity contribution is 0.0319. The van der Waals surface area contributed by atoms with Crippen molar-refractivity contribution in [2.45, 2.75) is 52.1 Å². The number of carbonyl (C=O) groups is 1. The van der Waals surface area contributed by atoms with Crippen molar-refractivity contribution in [3.8, 4) is 0 Å². The molecule has 0 aliphatic carbocycles. The molecule has 0 spiro atoms. The van der Waals surface area contributed by atoms with Gasteiger partial charge in [0.25, 0.3) is 0 Å². The van der Waals surface area contributed by atoms with Crippen LogP contribution < -0.4 is 0 Å². The van der Waals surface area contributed by atoms with Crippen molar-refractivity contribution in [2.24, 2.45) is 0 Å². The maximum atomic E-state index is 11.9. The monoisotopic (exact) mass is 268 g/mol. The van der Waals surface area contributed by atoms with Gasteiger partial charge in [0.05, 0.1) is 16.7 Å². The highest BCUT2D eigenvalue weighted by molar-refractivity contribution is 6.33. The molecule has 0 amide bonds. The quantitative estimate of drug-likeness (QED) is 0.522. The van der Waals surface area contributed by atoms with E-state index in [0.717, 1.165) is 12.8 Å². The highest BCUT2D eigenvalue weighted by Gasteiger charge is 2.14. The third-order valence-corrected chi connectivity index (χ3v) is 3.20. The molecule has 1 aromatic carbocycles. The lowest BCUT2D eigenvalue weighted by Crippen LogP contribution is -2.15. The molecule has 0 N–H and O–H groups in total. The molecule has 1 aromatic rings. The fraction of sp³-hybridized carbons (Fsp3) is 0.533. The molecule has 0 unspecified atom stereocenters. The first-order valence-corrected chi connectivity index (χ1v) is 6.98. The molecule has 0 aromatic heterocycles. The number of esters is 1. The van der Waals surface area contributed by atoms with Gasteiger partial charge in [-0.3, -0.25) is 0 Å². The number of rotatable bonds is 7. The van der Waals surface area contributed by atoms with Gasteiger partial charge in [0.1, 0.15) is 0 Å². The van der Waals surface area contributed by atoms with Gasteiger partial charge in [-0.1, -0.05) is 49.9 Å². The van der Waals surface area contributed by atoms with E-state index in [0.29, 0.717) is 10.6 Å². The van der Waals surface area contributed by atoms with Gasteiger partial charge in [-0.25, -0.2) is 4.79 Å². The van der Waals surface area contributed by atoms with Crippen LogP contribution in [-0.4, -0.2) is 12.1 Å². The minimum atomic E-state index is -0.330. The van der Waals surface area contributed by atoms with Crippen LogP contribution in [0.2, 0.25) is 5.02 Å². The summed E-state index contributed by atoms with van der Waals surface area (Å²) < 4.78 is 5.37. The van der Waals surface area contributed by atoms with Crippen molar-refractivity contribution in [2.75, 3.05) is 0 Å². The number of hydrogen-bond acceptors (Lipinski definition) is 2. The molecular formula is C15H21ClO2. The zero-order valence-corrected chi connectivity index (χ0v) is 11.9. The van der Waals surface area contributed by atoms with Crippen LogP contribution in [-0.2, 0) is 4.74 Å². The van der Waals surface area contributed by atoms with E-state index in [1.807, 2.05) is 6.92 Å². The smallest absolute Gasteiger partial charge is 0.339 e. The van der Waals surface area contributed by atoms with Crippen LogP contribution in [0.4, 0.5) is 0 Å². The molecule has 0 heterocycles. The molecule has 1 atom stereocenters. The van der Waals surface area contributed by atoms with Crippen LogP contribution in [0.3, 0.4) is 0 Å². The Labute approximate surface area is 114 Å². The Morgan fingerprint density at radius 3 is 2.67 bits per heavy atom. The lowest BCUT2D eigenvalue weighted by Gasteiger charge is -2.13. The van der Waals surface area contributed by atoms with E-state index in [1.165, 1.54) is 19.3 Å². The summed E-state index contributed by atoms with van der Waals surface area (Å²) in [6.07, 6.45) is 5.62. The molecule has 0 radical (unpaired) electrons. The first kappa shape index (κ1) is 15.0.